The monoisotopic (exact) mass is 362 g/mol. The number of pyridine rings is 1. The van der Waals surface area contributed by atoms with E-state index >= 15 is 0 Å². The zero-order valence-corrected chi connectivity index (χ0v) is 14.8. The number of amides is 1. The molecule has 1 aliphatic rings. The number of aromatic nitrogens is 3. The Kier molecular flexibility index (Phi) is 4.42. The Bertz CT molecular complexity index is 1030. The van der Waals surface area contributed by atoms with Crippen molar-refractivity contribution in [1.29, 1.82) is 0 Å². The van der Waals surface area contributed by atoms with Crippen LogP contribution in [0.3, 0.4) is 0 Å². The minimum absolute atomic E-state index is 0.0928. The molecule has 1 aromatic carbocycles. The summed E-state index contributed by atoms with van der Waals surface area (Å²) in [5.41, 5.74) is 2.25. The molecule has 1 N–H and O–H groups in total. The second-order valence-electron chi connectivity index (χ2n) is 6.26. The van der Waals surface area contributed by atoms with Crippen molar-refractivity contribution in [3.63, 3.8) is 0 Å². The lowest BCUT2D eigenvalue weighted by Crippen LogP contribution is -2.39. The fraction of sp³-hybridized carbons (Fsp3) is 0.200. The number of hydrogen-bond donors (Lipinski definition) is 1. The number of aromatic amines is 1. The van der Waals surface area contributed by atoms with E-state index in [1.807, 2.05) is 6.07 Å². The molecule has 0 saturated carbocycles. The van der Waals surface area contributed by atoms with E-state index in [1.165, 1.54) is 0 Å². The SMILES string of the molecule is COc1ccc(C(=O)N2CCc3c(nc(-c4ccccn4)[nH]c3=O)C2)cc1. The van der Waals surface area contributed by atoms with E-state index in [2.05, 4.69) is 15.0 Å². The number of ether oxygens (including phenoxy) is 1. The van der Waals surface area contributed by atoms with E-state index in [4.69, 9.17) is 4.74 Å². The highest BCUT2D eigenvalue weighted by molar-refractivity contribution is 5.94. The van der Waals surface area contributed by atoms with Crippen molar-refractivity contribution < 1.29 is 9.53 Å². The summed E-state index contributed by atoms with van der Waals surface area (Å²) in [4.78, 5) is 38.5. The summed E-state index contributed by atoms with van der Waals surface area (Å²) in [5, 5.41) is 0. The molecule has 0 bridgehead atoms. The van der Waals surface area contributed by atoms with Gasteiger partial charge in [0.25, 0.3) is 11.5 Å². The Morgan fingerprint density at radius 1 is 1.19 bits per heavy atom. The Hall–Kier alpha value is -3.48. The van der Waals surface area contributed by atoms with Crippen LogP contribution in [-0.4, -0.2) is 39.4 Å². The van der Waals surface area contributed by atoms with Gasteiger partial charge in [-0.15, -0.1) is 0 Å². The quantitative estimate of drug-likeness (QED) is 0.770. The number of nitrogens with zero attached hydrogens (tertiary/aromatic N) is 3. The fourth-order valence-corrected chi connectivity index (χ4v) is 3.15. The fourth-order valence-electron chi connectivity index (χ4n) is 3.15. The summed E-state index contributed by atoms with van der Waals surface area (Å²) in [6, 6.07) is 12.4. The summed E-state index contributed by atoms with van der Waals surface area (Å²) in [6.45, 7) is 0.773. The van der Waals surface area contributed by atoms with E-state index in [1.54, 1.807) is 54.6 Å². The van der Waals surface area contributed by atoms with Crippen LogP contribution >= 0.6 is 0 Å². The van der Waals surface area contributed by atoms with Gasteiger partial charge in [0.1, 0.15) is 11.4 Å². The molecule has 0 unspecified atom stereocenters. The van der Waals surface area contributed by atoms with Crippen LogP contribution in [0.15, 0.2) is 53.5 Å². The van der Waals surface area contributed by atoms with Gasteiger partial charge in [-0.3, -0.25) is 14.6 Å². The highest BCUT2D eigenvalue weighted by atomic mass is 16.5. The summed E-state index contributed by atoms with van der Waals surface area (Å²) in [5.74, 6) is 1.02. The van der Waals surface area contributed by atoms with E-state index in [9.17, 15) is 9.59 Å². The first-order valence-corrected chi connectivity index (χ1v) is 8.62. The lowest BCUT2D eigenvalue weighted by molar-refractivity contribution is 0.0731. The molecule has 0 spiro atoms. The first kappa shape index (κ1) is 17.0. The molecule has 2 aromatic heterocycles. The smallest absolute Gasteiger partial charge is 0.254 e. The number of carbonyl (C=O) groups excluding carboxylic acids is 1. The van der Waals surface area contributed by atoms with Gasteiger partial charge in [0.05, 0.1) is 19.3 Å². The largest absolute Gasteiger partial charge is 0.497 e. The molecule has 27 heavy (non-hydrogen) atoms. The highest BCUT2D eigenvalue weighted by Crippen LogP contribution is 2.20. The first-order valence-electron chi connectivity index (χ1n) is 8.62. The number of fused-ring (bicyclic) bond motifs is 1. The van der Waals surface area contributed by atoms with Gasteiger partial charge in [0, 0.05) is 23.9 Å². The maximum Gasteiger partial charge on any atom is 0.254 e. The Labute approximate surface area is 155 Å². The lowest BCUT2D eigenvalue weighted by atomic mass is 10.0. The van der Waals surface area contributed by atoms with Gasteiger partial charge in [-0.1, -0.05) is 6.07 Å². The van der Waals surface area contributed by atoms with Crippen LogP contribution in [0, 0.1) is 0 Å². The van der Waals surface area contributed by atoms with E-state index in [-0.39, 0.29) is 11.5 Å². The third-order valence-electron chi connectivity index (χ3n) is 4.61. The molecule has 4 rings (SSSR count). The molecule has 3 aromatic rings. The van der Waals surface area contributed by atoms with Crippen LogP contribution in [0.5, 0.6) is 5.75 Å². The third kappa shape index (κ3) is 3.31. The number of H-pyrrole nitrogens is 1. The van der Waals surface area contributed by atoms with Gasteiger partial charge in [-0.25, -0.2) is 4.98 Å². The van der Waals surface area contributed by atoms with Gasteiger partial charge >= 0.3 is 0 Å². The first-order chi connectivity index (χ1) is 13.2. The molecule has 0 saturated heterocycles. The van der Waals surface area contributed by atoms with Crippen molar-refractivity contribution in [2.24, 2.45) is 0 Å². The van der Waals surface area contributed by atoms with E-state index in [0.717, 1.165) is 0 Å². The predicted molar refractivity (Wildman–Crippen MR) is 99.5 cm³/mol. The van der Waals surface area contributed by atoms with Crippen molar-refractivity contribution in [2.75, 3.05) is 13.7 Å². The maximum atomic E-state index is 12.8. The van der Waals surface area contributed by atoms with Gasteiger partial charge in [-0.05, 0) is 42.8 Å². The van der Waals surface area contributed by atoms with Crippen molar-refractivity contribution >= 4 is 5.91 Å². The Morgan fingerprint density at radius 3 is 2.70 bits per heavy atom. The standard InChI is InChI=1S/C20H18N4O3/c1-27-14-7-5-13(6-8-14)20(26)24-11-9-15-17(12-24)22-18(23-19(15)25)16-4-2-3-10-21-16/h2-8,10H,9,11-12H2,1H3,(H,22,23,25). The van der Waals surface area contributed by atoms with Crippen LogP contribution in [0.1, 0.15) is 21.6 Å². The molecule has 0 fully saturated rings. The van der Waals surface area contributed by atoms with E-state index < -0.39 is 0 Å². The molecule has 0 aliphatic carbocycles. The number of hydrogen-bond acceptors (Lipinski definition) is 5. The number of nitrogens with one attached hydrogen (secondary N) is 1. The topological polar surface area (TPSA) is 88.2 Å². The highest BCUT2D eigenvalue weighted by Gasteiger charge is 2.25. The van der Waals surface area contributed by atoms with Crippen molar-refractivity contribution in [1.82, 2.24) is 19.9 Å². The summed E-state index contributed by atoms with van der Waals surface area (Å²) >= 11 is 0. The zero-order valence-electron chi connectivity index (χ0n) is 14.8. The number of carbonyl (C=O) groups is 1. The molecule has 0 radical (unpaired) electrons. The lowest BCUT2D eigenvalue weighted by Gasteiger charge is -2.28. The van der Waals surface area contributed by atoms with Crippen LogP contribution < -0.4 is 10.3 Å². The number of methoxy groups -OCH3 is 1. The van der Waals surface area contributed by atoms with Crippen LogP contribution in [0.4, 0.5) is 0 Å². The molecule has 7 nitrogen and oxygen atoms in total. The van der Waals surface area contributed by atoms with Crippen molar-refractivity contribution in [3.05, 3.63) is 75.8 Å². The molecule has 0 atom stereocenters. The third-order valence-corrected chi connectivity index (χ3v) is 4.61. The molecule has 1 amide bonds. The average Bonchev–Trinajstić information content (AvgIpc) is 2.73. The van der Waals surface area contributed by atoms with Gasteiger partial charge in [0.2, 0.25) is 0 Å². The van der Waals surface area contributed by atoms with Crippen molar-refractivity contribution in [2.45, 2.75) is 13.0 Å². The molecule has 1 aliphatic heterocycles. The summed E-state index contributed by atoms with van der Waals surface area (Å²) < 4.78 is 5.13. The summed E-state index contributed by atoms with van der Waals surface area (Å²) in [6.07, 6.45) is 2.12. The summed E-state index contributed by atoms with van der Waals surface area (Å²) in [7, 11) is 1.58. The number of rotatable bonds is 3. The second kappa shape index (κ2) is 7.03. The minimum Gasteiger partial charge on any atom is -0.497 e. The molecule has 7 heteroatoms. The van der Waals surface area contributed by atoms with Crippen molar-refractivity contribution in [3.8, 4) is 17.3 Å². The Morgan fingerprint density at radius 2 is 2.00 bits per heavy atom. The van der Waals surface area contributed by atoms with E-state index in [0.29, 0.717) is 53.6 Å². The van der Waals surface area contributed by atoms with Gasteiger partial charge < -0.3 is 14.6 Å². The van der Waals surface area contributed by atoms with Crippen LogP contribution in [0.2, 0.25) is 0 Å². The minimum atomic E-state index is -0.169. The van der Waals surface area contributed by atoms with Crippen LogP contribution in [-0.2, 0) is 13.0 Å². The Balaban J connectivity index is 1.62. The van der Waals surface area contributed by atoms with Gasteiger partial charge in [-0.2, -0.15) is 0 Å². The molecular weight excluding hydrogens is 344 g/mol. The molecule has 136 valence electrons. The number of benzene rings is 1. The van der Waals surface area contributed by atoms with Crippen LogP contribution in [0.25, 0.3) is 11.5 Å². The zero-order chi connectivity index (χ0) is 18.8. The molecule has 3 heterocycles. The average molecular weight is 362 g/mol. The van der Waals surface area contributed by atoms with Gasteiger partial charge in [0.15, 0.2) is 5.82 Å². The predicted octanol–water partition coefficient (Wildman–Crippen LogP) is 2.04. The maximum absolute atomic E-state index is 12.8. The normalized spacial score (nSPS) is 13.1. The molecular formula is C20H18N4O3. The second-order valence-corrected chi connectivity index (χ2v) is 6.26.